The maximum atomic E-state index is 12.1. The van der Waals surface area contributed by atoms with E-state index in [1.165, 1.54) is 0 Å². The monoisotopic (exact) mass is 272 g/mol. The van der Waals surface area contributed by atoms with Crippen molar-refractivity contribution in [1.29, 1.82) is 0 Å². The van der Waals surface area contributed by atoms with E-state index in [2.05, 4.69) is 10.3 Å². The lowest BCUT2D eigenvalue weighted by Gasteiger charge is -2.08. The minimum Gasteiger partial charge on any atom is -0.352 e. The molecule has 19 heavy (non-hydrogen) atoms. The molecule has 1 aromatic carbocycles. The Bertz CT molecular complexity index is 543. The van der Waals surface area contributed by atoms with Gasteiger partial charge in [0.15, 0.2) is 0 Å². The van der Waals surface area contributed by atoms with Crippen LogP contribution in [0.25, 0.3) is 0 Å². The van der Waals surface area contributed by atoms with Crippen LogP contribution in [0, 0.1) is 0 Å². The van der Waals surface area contributed by atoms with Gasteiger partial charge in [-0.3, -0.25) is 9.78 Å². The number of benzene rings is 1. The maximum absolute atomic E-state index is 12.1. The second-order valence-electron chi connectivity index (χ2n) is 4.03. The number of thioether (sulfide) groups is 1. The third-order valence-electron chi connectivity index (χ3n) is 2.74. The van der Waals surface area contributed by atoms with E-state index in [1.54, 1.807) is 18.0 Å². The Balaban J connectivity index is 1.91. The van der Waals surface area contributed by atoms with E-state index in [1.807, 2.05) is 48.7 Å². The minimum atomic E-state index is -0.0270. The Hall–Kier alpha value is -1.81. The van der Waals surface area contributed by atoms with Gasteiger partial charge in [-0.25, -0.2) is 0 Å². The molecule has 0 saturated carbocycles. The van der Waals surface area contributed by atoms with Crippen molar-refractivity contribution < 1.29 is 4.79 Å². The summed E-state index contributed by atoms with van der Waals surface area (Å²) in [5, 5.41) is 2.93. The molecule has 98 valence electrons. The number of rotatable bonds is 5. The van der Waals surface area contributed by atoms with Crippen molar-refractivity contribution in [2.45, 2.75) is 11.3 Å². The average Bonchev–Trinajstić information content (AvgIpc) is 2.48. The summed E-state index contributed by atoms with van der Waals surface area (Å²) in [6.45, 7) is 0.596. The molecular weight excluding hydrogens is 256 g/mol. The SMILES string of the molecule is CSc1ccccc1C(=O)NCCc1ccccn1. The van der Waals surface area contributed by atoms with Gasteiger partial charge in [0, 0.05) is 29.8 Å². The normalized spacial score (nSPS) is 10.2. The van der Waals surface area contributed by atoms with Gasteiger partial charge in [-0.1, -0.05) is 18.2 Å². The van der Waals surface area contributed by atoms with Gasteiger partial charge in [-0.15, -0.1) is 11.8 Å². The molecule has 4 heteroatoms. The third-order valence-corrected chi connectivity index (χ3v) is 3.54. The van der Waals surface area contributed by atoms with E-state index in [0.29, 0.717) is 6.54 Å². The fourth-order valence-corrected chi connectivity index (χ4v) is 2.37. The van der Waals surface area contributed by atoms with Crippen LogP contribution in [-0.4, -0.2) is 23.7 Å². The van der Waals surface area contributed by atoms with E-state index in [0.717, 1.165) is 22.6 Å². The van der Waals surface area contributed by atoms with E-state index >= 15 is 0 Å². The molecule has 0 radical (unpaired) electrons. The van der Waals surface area contributed by atoms with Gasteiger partial charge in [0.25, 0.3) is 5.91 Å². The number of hydrogen-bond acceptors (Lipinski definition) is 3. The quantitative estimate of drug-likeness (QED) is 0.851. The third kappa shape index (κ3) is 3.83. The largest absolute Gasteiger partial charge is 0.352 e. The summed E-state index contributed by atoms with van der Waals surface area (Å²) in [6.07, 6.45) is 4.48. The minimum absolute atomic E-state index is 0.0270. The zero-order valence-electron chi connectivity index (χ0n) is 10.8. The first kappa shape index (κ1) is 13.6. The fraction of sp³-hybridized carbons (Fsp3) is 0.200. The molecule has 0 aliphatic carbocycles. The van der Waals surface area contributed by atoms with E-state index in [9.17, 15) is 4.79 Å². The number of nitrogens with one attached hydrogen (secondary N) is 1. The Morgan fingerprint density at radius 2 is 2.00 bits per heavy atom. The van der Waals surface area contributed by atoms with Crippen LogP contribution >= 0.6 is 11.8 Å². The second kappa shape index (κ2) is 6.95. The summed E-state index contributed by atoms with van der Waals surface area (Å²) in [7, 11) is 0. The van der Waals surface area contributed by atoms with Crippen molar-refractivity contribution in [1.82, 2.24) is 10.3 Å². The molecule has 0 unspecified atom stereocenters. The molecular formula is C15H16N2OS. The summed E-state index contributed by atoms with van der Waals surface area (Å²) >= 11 is 1.58. The van der Waals surface area contributed by atoms with Gasteiger partial charge in [0.05, 0.1) is 5.56 Å². The topological polar surface area (TPSA) is 42.0 Å². The first-order valence-corrected chi connectivity index (χ1v) is 7.35. The Labute approximate surface area is 117 Å². The fourth-order valence-electron chi connectivity index (χ4n) is 1.78. The van der Waals surface area contributed by atoms with Gasteiger partial charge < -0.3 is 5.32 Å². The summed E-state index contributed by atoms with van der Waals surface area (Å²) in [6, 6.07) is 13.4. The van der Waals surface area contributed by atoms with Crippen LogP contribution < -0.4 is 5.32 Å². The summed E-state index contributed by atoms with van der Waals surface area (Å²) < 4.78 is 0. The van der Waals surface area contributed by atoms with Crippen LogP contribution in [0.3, 0.4) is 0 Å². The maximum Gasteiger partial charge on any atom is 0.252 e. The molecule has 1 aromatic heterocycles. The van der Waals surface area contributed by atoms with Crippen molar-refractivity contribution in [3.05, 3.63) is 59.9 Å². The molecule has 0 spiro atoms. The van der Waals surface area contributed by atoms with Crippen molar-refractivity contribution in [2.75, 3.05) is 12.8 Å². The van der Waals surface area contributed by atoms with Crippen LogP contribution in [0.15, 0.2) is 53.6 Å². The molecule has 0 atom stereocenters. The van der Waals surface area contributed by atoms with E-state index < -0.39 is 0 Å². The van der Waals surface area contributed by atoms with Crippen LogP contribution in [0.2, 0.25) is 0 Å². The smallest absolute Gasteiger partial charge is 0.252 e. The number of pyridine rings is 1. The first-order valence-electron chi connectivity index (χ1n) is 6.12. The average molecular weight is 272 g/mol. The Kier molecular flexibility index (Phi) is 4.98. The number of carbonyl (C=O) groups is 1. The predicted molar refractivity (Wildman–Crippen MR) is 78.5 cm³/mol. The highest BCUT2D eigenvalue weighted by Crippen LogP contribution is 2.19. The number of nitrogens with zero attached hydrogens (tertiary/aromatic N) is 1. The predicted octanol–water partition coefficient (Wildman–Crippen LogP) is 2.78. The molecule has 0 fully saturated rings. The Morgan fingerprint density at radius 1 is 1.21 bits per heavy atom. The van der Waals surface area contributed by atoms with Gasteiger partial charge in [-0.2, -0.15) is 0 Å². The summed E-state index contributed by atoms with van der Waals surface area (Å²) in [4.78, 5) is 17.3. The lowest BCUT2D eigenvalue weighted by Crippen LogP contribution is -2.26. The lowest BCUT2D eigenvalue weighted by atomic mass is 10.2. The van der Waals surface area contributed by atoms with Crippen LogP contribution in [0.5, 0.6) is 0 Å². The molecule has 1 amide bonds. The number of amides is 1. The second-order valence-corrected chi connectivity index (χ2v) is 4.88. The molecule has 0 aliphatic heterocycles. The van der Waals surface area contributed by atoms with Gasteiger partial charge in [-0.05, 0) is 30.5 Å². The highest BCUT2D eigenvalue weighted by atomic mass is 32.2. The van der Waals surface area contributed by atoms with Crippen LogP contribution in [0.4, 0.5) is 0 Å². The molecule has 1 heterocycles. The van der Waals surface area contributed by atoms with Gasteiger partial charge in [0.2, 0.25) is 0 Å². The number of hydrogen-bond donors (Lipinski definition) is 1. The van der Waals surface area contributed by atoms with Crippen molar-refractivity contribution in [3.63, 3.8) is 0 Å². The number of carbonyl (C=O) groups excluding carboxylic acids is 1. The zero-order valence-corrected chi connectivity index (χ0v) is 11.6. The van der Waals surface area contributed by atoms with Crippen LogP contribution in [0.1, 0.15) is 16.1 Å². The van der Waals surface area contributed by atoms with E-state index in [-0.39, 0.29) is 5.91 Å². The molecule has 0 saturated heterocycles. The summed E-state index contributed by atoms with van der Waals surface area (Å²) in [5.74, 6) is -0.0270. The standard InChI is InChI=1S/C15H16N2OS/c1-19-14-8-3-2-7-13(14)15(18)17-11-9-12-6-4-5-10-16-12/h2-8,10H,9,11H2,1H3,(H,17,18). The Morgan fingerprint density at radius 3 is 2.74 bits per heavy atom. The van der Waals surface area contributed by atoms with Crippen molar-refractivity contribution in [2.24, 2.45) is 0 Å². The zero-order chi connectivity index (χ0) is 13.5. The molecule has 0 aliphatic rings. The summed E-state index contributed by atoms with van der Waals surface area (Å²) in [5.41, 5.74) is 1.72. The molecule has 0 bridgehead atoms. The van der Waals surface area contributed by atoms with E-state index in [4.69, 9.17) is 0 Å². The first-order chi connectivity index (χ1) is 9.31. The molecule has 1 N–H and O–H groups in total. The molecule has 2 aromatic rings. The van der Waals surface area contributed by atoms with Gasteiger partial charge >= 0.3 is 0 Å². The van der Waals surface area contributed by atoms with Crippen molar-refractivity contribution >= 4 is 17.7 Å². The number of aromatic nitrogens is 1. The molecule has 2 rings (SSSR count). The highest BCUT2D eigenvalue weighted by molar-refractivity contribution is 7.98. The highest BCUT2D eigenvalue weighted by Gasteiger charge is 2.09. The van der Waals surface area contributed by atoms with Crippen molar-refractivity contribution in [3.8, 4) is 0 Å². The lowest BCUT2D eigenvalue weighted by molar-refractivity contribution is 0.0951. The van der Waals surface area contributed by atoms with Crippen LogP contribution in [-0.2, 0) is 6.42 Å². The molecule has 3 nitrogen and oxygen atoms in total. The van der Waals surface area contributed by atoms with Gasteiger partial charge in [0.1, 0.15) is 0 Å².